The third kappa shape index (κ3) is 5.66. The lowest BCUT2D eigenvalue weighted by molar-refractivity contribution is 0.992. The highest BCUT2D eigenvalue weighted by molar-refractivity contribution is 6.18. The van der Waals surface area contributed by atoms with Gasteiger partial charge in [-0.25, -0.2) is 0 Å². The van der Waals surface area contributed by atoms with Crippen molar-refractivity contribution in [2.24, 2.45) is 0 Å². The van der Waals surface area contributed by atoms with Gasteiger partial charge in [0.25, 0.3) is 0 Å². The molecule has 5 heterocycles. The first kappa shape index (κ1) is 42.4. The van der Waals surface area contributed by atoms with Crippen LogP contribution in [0.2, 0.25) is 0 Å². The molecule has 0 spiro atoms. The normalized spacial score (nSPS) is 11.9. The number of fused-ring (bicyclic) bond motifs is 15. The van der Waals surface area contributed by atoms with E-state index in [-0.39, 0.29) is 0 Å². The summed E-state index contributed by atoms with van der Waals surface area (Å²) in [5.74, 6) is 0. The topological polar surface area (TPSA) is 96.0 Å². The molecule has 0 saturated heterocycles. The molecule has 16 rings (SSSR count). The Balaban J connectivity index is 1.31. The molecule has 0 N–H and O–H groups in total. The minimum Gasteiger partial charge on any atom is -0.306 e. The number of benzene rings is 11. The van der Waals surface area contributed by atoms with Crippen LogP contribution >= 0.6 is 0 Å². The molecule has 354 valence electrons. The molecule has 0 bridgehead atoms. The van der Waals surface area contributed by atoms with E-state index in [2.05, 4.69) is 235 Å². The third-order valence-electron chi connectivity index (χ3n) is 15.9. The molecular formula is C69H38N8. The Hall–Kier alpha value is -11.1. The van der Waals surface area contributed by atoms with Crippen molar-refractivity contribution in [1.82, 2.24) is 22.8 Å². The Morgan fingerprint density at radius 3 is 0.649 bits per heavy atom. The van der Waals surface area contributed by atoms with Crippen molar-refractivity contribution in [3.05, 3.63) is 247 Å². The van der Waals surface area contributed by atoms with Gasteiger partial charge in [0.15, 0.2) is 0 Å². The number of hydrogen-bond acceptors (Lipinski definition) is 3. The zero-order valence-electron chi connectivity index (χ0n) is 41.0. The van der Waals surface area contributed by atoms with Crippen molar-refractivity contribution in [2.75, 3.05) is 0 Å². The summed E-state index contributed by atoms with van der Waals surface area (Å²) < 4.78 is 11.8. The standard InChI is InChI=1S/C69H38N8/c70-39-42-33-35-63-52(37-42)53-38-43(40-71)34-36-64(53)77(63)68-66(74-57-27-11-3-19-46(57)47-20-4-12-28-58(47)74)54(41-72)65(73-55-25-9-1-17-44(55)45-18-2-10-26-56(45)73)67(75-59-29-13-5-21-48(59)49-22-6-14-30-60(49)75)69(68)76-61-31-15-7-23-50(61)51-24-8-16-32-62(51)76/h1-38H. The van der Waals surface area contributed by atoms with E-state index in [4.69, 9.17) is 0 Å². The highest BCUT2D eigenvalue weighted by Gasteiger charge is 2.36. The van der Waals surface area contributed by atoms with Gasteiger partial charge in [0.05, 0.1) is 107 Å². The molecule has 11 aromatic carbocycles. The van der Waals surface area contributed by atoms with Crippen molar-refractivity contribution in [3.8, 4) is 46.6 Å². The molecule has 0 saturated carbocycles. The van der Waals surface area contributed by atoms with Gasteiger partial charge < -0.3 is 22.8 Å². The molecule has 8 nitrogen and oxygen atoms in total. The van der Waals surface area contributed by atoms with E-state index >= 15 is 0 Å². The van der Waals surface area contributed by atoms with Crippen LogP contribution in [0.3, 0.4) is 0 Å². The minimum atomic E-state index is 0.441. The Bertz CT molecular complexity index is 5110. The van der Waals surface area contributed by atoms with E-state index < -0.39 is 0 Å². The summed E-state index contributed by atoms with van der Waals surface area (Å²) in [5, 5.41) is 44.1. The van der Waals surface area contributed by atoms with Crippen LogP contribution in [0, 0.1) is 34.0 Å². The Morgan fingerprint density at radius 2 is 0.416 bits per heavy atom. The second kappa shape index (κ2) is 15.9. The van der Waals surface area contributed by atoms with Crippen molar-refractivity contribution in [1.29, 1.82) is 15.8 Å². The molecule has 0 radical (unpaired) electrons. The first-order valence-corrected chi connectivity index (χ1v) is 25.6. The second-order valence-electron chi connectivity index (χ2n) is 19.7. The maximum Gasteiger partial charge on any atom is 0.105 e. The maximum absolute atomic E-state index is 12.9. The molecular weight excluding hydrogens is 941 g/mol. The molecule has 0 unspecified atom stereocenters. The van der Waals surface area contributed by atoms with Crippen molar-refractivity contribution in [3.63, 3.8) is 0 Å². The average Bonchev–Trinajstić information content (AvgIpc) is 4.33. The smallest absolute Gasteiger partial charge is 0.105 e. The van der Waals surface area contributed by atoms with Crippen LogP contribution in [-0.2, 0) is 0 Å². The Kier molecular flexibility index (Phi) is 8.78. The second-order valence-corrected chi connectivity index (χ2v) is 19.7. The number of aromatic nitrogens is 5. The zero-order valence-corrected chi connectivity index (χ0v) is 41.0. The number of para-hydroxylation sites is 8. The number of rotatable bonds is 5. The van der Waals surface area contributed by atoms with E-state index in [1.807, 2.05) is 36.4 Å². The van der Waals surface area contributed by atoms with Gasteiger partial charge in [0.1, 0.15) is 11.6 Å². The summed E-state index contributed by atoms with van der Waals surface area (Å²) in [6, 6.07) is 87.9. The summed E-state index contributed by atoms with van der Waals surface area (Å²) in [7, 11) is 0. The number of nitrogens with zero attached hydrogens (tertiary/aromatic N) is 8. The quantitative estimate of drug-likeness (QED) is 0.172. The molecule has 0 fully saturated rings. The monoisotopic (exact) mass is 978 g/mol. The highest BCUT2D eigenvalue weighted by atomic mass is 15.2. The fourth-order valence-electron chi connectivity index (χ4n) is 12.9. The summed E-state index contributed by atoms with van der Waals surface area (Å²) in [6.45, 7) is 0. The Labute approximate surface area is 439 Å². The van der Waals surface area contributed by atoms with Crippen LogP contribution in [0.15, 0.2) is 231 Å². The lowest BCUT2D eigenvalue weighted by atomic mass is 10.0. The summed E-state index contributed by atoms with van der Waals surface area (Å²) in [6.07, 6.45) is 0. The number of hydrogen-bond donors (Lipinski definition) is 0. The van der Waals surface area contributed by atoms with Crippen LogP contribution in [0.1, 0.15) is 16.7 Å². The van der Waals surface area contributed by atoms with Gasteiger partial charge in [-0.05, 0) is 84.9 Å². The van der Waals surface area contributed by atoms with Gasteiger partial charge in [0, 0.05) is 53.9 Å². The molecule has 0 aliphatic carbocycles. The molecule has 0 atom stereocenters. The summed E-state index contributed by atoms with van der Waals surface area (Å²) in [5.41, 5.74) is 14.4. The van der Waals surface area contributed by atoms with Crippen molar-refractivity contribution in [2.45, 2.75) is 0 Å². The van der Waals surface area contributed by atoms with Crippen molar-refractivity contribution < 1.29 is 0 Å². The fourth-order valence-corrected chi connectivity index (χ4v) is 12.9. The Morgan fingerprint density at radius 1 is 0.208 bits per heavy atom. The van der Waals surface area contributed by atoms with Gasteiger partial charge in [-0.15, -0.1) is 0 Å². The SMILES string of the molecule is N#Cc1ccc2c(c1)c1cc(C#N)ccc1n2-c1c(-n2c3ccccc3c3ccccc32)c(C#N)c(-n2c3ccccc3c3ccccc32)c(-n2c3ccccc3c3ccccc32)c1-n1c2ccccc2c2ccccc21. The minimum absolute atomic E-state index is 0.441. The molecule has 77 heavy (non-hydrogen) atoms. The van der Waals surface area contributed by atoms with Crippen LogP contribution in [0.25, 0.3) is 137 Å². The van der Waals surface area contributed by atoms with Gasteiger partial charge in [-0.2, -0.15) is 15.8 Å². The molecule has 5 aromatic heterocycles. The average molecular weight is 979 g/mol. The molecule has 8 heteroatoms. The van der Waals surface area contributed by atoms with E-state index in [1.165, 1.54) is 0 Å². The fraction of sp³-hybridized carbons (Fsp3) is 0. The first-order valence-electron chi connectivity index (χ1n) is 25.6. The van der Waals surface area contributed by atoms with Crippen LogP contribution in [0.5, 0.6) is 0 Å². The molecule has 0 aliphatic heterocycles. The van der Waals surface area contributed by atoms with E-state index in [9.17, 15) is 15.8 Å². The lowest BCUT2D eigenvalue weighted by Gasteiger charge is -2.30. The molecule has 0 amide bonds. The van der Waals surface area contributed by atoms with E-state index in [1.54, 1.807) is 0 Å². The summed E-state index contributed by atoms with van der Waals surface area (Å²) >= 11 is 0. The first-order chi connectivity index (χ1) is 38.1. The maximum atomic E-state index is 12.9. The highest BCUT2D eigenvalue weighted by Crippen LogP contribution is 2.51. The summed E-state index contributed by atoms with van der Waals surface area (Å²) in [4.78, 5) is 0. The predicted molar refractivity (Wildman–Crippen MR) is 312 cm³/mol. The molecule has 0 aliphatic rings. The van der Waals surface area contributed by atoms with Crippen LogP contribution < -0.4 is 0 Å². The van der Waals surface area contributed by atoms with Gasteiger partial charge in [-0.3, -0.25) is 0 Å². The van der Waals surface area contributed by atoms with E-state index in [0.717, 1.165) is 126 Å². The van der Waals surface area contributed by atoms with Gasteiger partial charge >= 0.3 is 0 Å². The van der Waals surface area contributed by atoms with Gasteiger partial charge in [0.2, 0.25) is 0 Å². The molecule has 16 aromatic rings. The third-order valence-corrected chi connectivity index (χ3v) is 15.9. The number of nitriles is 3. The van der Waals surface area contributed by atoms with Crippen molar-refractivity contribution >= 4 is 109 Å². The van der Waals surface area contributed by atoms with Crippen LogP contribution in [-0.4, -0.2) is 22.8 Å². The van der Waals surface area contributed by atoms with Gasteiger partial charge in [-0.1, -0.05) is 146 Å². The zero-order chi connectivity index (χ0) is 51.0. The van der Waals surface area contributed by atoms with E-state index in [0.29, 0.717) is 28.1 Å². The van der Waals surface area contributed by atoms with Crippen LogP contribution in [0.4, 0.5) is 0 Å². The lowest BCUT2D eigenvalue weighted by Crippen LogP contribution is -2.18. The predicted octanol–water partition coefficient (Wildman–Crippen LogP) is 16.8. The largest absolute Gasteiger partial charge is 0.306 e.